The molecule has 0 fully saturated rings. The number of rotatable bonds is 9. The lowest BCUT2D eigenvalue weighted by Crippen LogP contribution is -2.23. The van der Waals surface area contributed by atoms with Crippen molar-refractivity contribution in [3.8, 4) is 11.5 Å². The molecule has 10 heteroatoms. The average molecular weight is 486 g/mol. The van der Waals surface area contributed by atoms with Crippen molar-refractivity contribution in [1.29, 1.82) is 5.39 Å². The molecule has 0 aliphatic rings. The molecule has 3 rings (SSSR count). The van der Waals surface area contributed by atoms with E-state index in [1.807, 2.05) is 56.3 Å². The molecule has 0 atom stereocenters. The number of hydrogen-bond acceptors (Lipinski definition) is 7. The van der Waals surface area contributed by atoms with Gasteiger partial charge in [0.1, 0.15) is 0 Å². The molecule has 0 unspecified atom stereocenters. The Morgan fingerprint density at radius 3 is 1.74 bits per heavy atom. The van der Waals surface area contributed by atoms with Crippen molar-refractivity contribution in [2.45, 2.75) is 26.9 Å². The van der Waals surface area contributed by atoms with Crippen LogP contribution < -0.4 is 14.4 Å². The highest BCUT2D eigenvalue weighted by Crippen LogP contribution is 2.41. The van der Waals surface area contributed by atoms with Crippen LogP contribution in [-0.2, 0) is 23.5 Å². The van der Waals surface area contributed by atoms with E-state index in [4.69, 9.17) is 27.0 Å². The van der Waals surface area contributed by atoms with E-state index in [9.17, 15) is 5.39 Å². The molecule has 0 amide bonds. The van der Waals surface area contributed by atoms with Gasteiger partial charge < -0.3 is 18.9 Å². The Bertz CT molecular complexity index is 1130. The molecule has 0 saturated carbocycles. The van der Waals surface area contributed by atoms with Crippen molar-refractivity contribution in [1.82, 2.24) is 0 Å². The highest BCUT2D eigenvalue weighted by atomic mass is 32.3. The summed E-state index contributed by atoms with van der Waals surface area (Å²) in [4.78, 5) is 5.63. The maximum absolute atomic E-state index is 9.41. The quantitative estimate of drug-likeness (QED) is 0.249. The highest BCUT2D eigenvalue weighted by molar-refractivity contribution is 7.79. The highest BCUT2D eigenvalue weighted by Gasteiger charge is 2.24. The Labute approximate surface area is 199 Å². The zero-order valence-electron chi connectivity index (χ0n) is 19.0. The van der Waals surface area contributed by atoms with Crippen LogP contribution in [0.4, 0.5) is 11.4 Å². The fourth-order valence-electron chi connectivity index (χ4n) is 3.24. The third-order valence-corrected chi connectivity index (χ3v) is 4.52. The van der Waals surface area contributed by atoms with Gasteiger partial charge in [0.15, 0.2) is 10.7 Å². The van der Waals surface area contributed by atoms with Crippen LogP contribution in [0.2, 0.25) is 0 Å². The van der Waals surface area contributed by atoms with Crippen molar-refractivity contribution in [2.75, 3.05) is 18.1 Å². The second kappa shape index (κ2) is 13.2. The van der Waals surface area contributed by atoms with Crippen LogP contribution in [0.25, 0.3) is 4.98 Å². The minimum absolute atomic E-state index is 0.360. The molecule has 0 aliphatic heterocycles. The molecule has 0 aliphatic carbocycles. The molecule has 180 valence electrons. The molecule has 0 heterocycles. The Morgan fingerprint density at radius 1 is 0.882 bits per heavy atom. The first-order valence-corrected chi connectivity index (χ1v) is 11.9. The van der Waals surface area contributed by atoms with Gasteiger partial charge in [-0.05, 0) is 25.0 Å². The molecule has 34 heavy (non-hydrogen) atoms. The van der Waals surface area contributed by atoms with Gasteiger partial charge in [-0.25, -0.2) is 8.42 Å². The first-order chi connectivity index (χ1) is 16.2. The molecule has 0 bridgehead atoms. The number of hydrogen-bond donors (Lipinski definition) is 1. The summed E-state index contributed by atoms with van der Waals surface area (Å²) >= 11 is 0. The van der Waals surface area contributed by atoms with E-state index in [0.717, 1.165) is 5.69 Å². The van der Waals surface area contributed by atoms with Gasteiger partial charge in [-0.15, -0.1) is 0 Å². The van der Waals surface area contributed by atoms with Crippen LogP contribution in [-0.4, -0.2) is 30.7 Å². The maximum atomic E-state index is 9.41. The van der Waals surface area contributed by atoms with Gasteiger partial charge in [-0.2, -0.15) is 0 Å². The molecule has 0 aromatic heterocycles. The normalized spacial score (nSPS) is 10.4. The summed E-state index contributed by atoms with van der Waals surface area (Å²) in [6.07, 6.45) is 0. The van der Waals surface area contributed by atoms with Gasteiger partial charge in [-0.1, -0.05) is 60.7 Å². The summed E-state index contributed by atoms with van der Waals surface area (Å²) in [5, 5.41) is 9.41. The second-order valence-corrected chi connectivity index (χ2v) is 7.86. The zero-order chi connectivity index (χ0) is 25.0. The van der Waals surface area contributed by atoms with Crippen molar-refractivity contribution in [3.63, 3.8) is 0 Å². The van der Waals surface area contributed by atoms with E-state index in [2.05, 4.69) is 34.1 Å². The summed E-state index contributed by atoms with van der Waals surface area (Å²) < 4.78 is 44.5. The van der Waals surface area contributed by atoms with Crippen molar-refractivity contribution < 1.29 is 27.0 Å². The van der Waals surface area contributed by atoms with Crippen molar-refractivity contribution in [2.24, 2.45) is 0 Å². The molecule has 0 radical (unpaired) electrons. The minimum atomic E-state index is -4.92. The fraction of sp³-hybridized carbons (Fsp3) is 0.250. The first-order valence-electron chi connectivity index (χ1n) is 10.5. The minimum Gasteiger partial charge on any atom is -0.726 e. The fourth-order valence-corrected chi connectivity index (χ4v) is 3.24. The summed E-state index contributed by atoms with van der Waals surface area (Å²) in [6.45, 7) is 6.25. The predicted octanol–water partition coefficient (Wildman–Crippen LogP) is 5.18. The number of anilines is 1. The predicted molar refractivity (Wildman–Crippen MR) is 129 cm³/mol. The first kappa shape index (κ1) is 26.6. The molecule has 9 nitrogen and oxygen atoms in total. The Balaban J connectivity index is 0.000000739. The van der Waals surface area contributed by atoms with Gasteiger partial charge in [-0.3, -0.25) is 4.55 Å². The summed E-state index contributed by atoms with van der Waals surface area (Å²) in [7, 11) is -4.92. The Kier molecular flexibility index (Phi) is 10.3. The van der Waals surface area contributed by atoms with Gasteiger partial charge in [0.25, 0.3) is 0 Å². The van der Waals surface area contributed by atoms with Crippen LogP contribution in [0, 0.1) is 5.39 Å². The Hall–Kier alpha value is -3.65. The summed E-state index contributed by atoms with van der Waals surface area (Å²) in [6, 6.07) is 24.3. The standard InChI is InChI=1S/C24H26N3O2.H2O4S/c1-3-28-23-16-22(24(29-4-2)15-21(23)26-25)27(17-19-11-7-5-8-12-19)18-20-13-9-6-10-14-20;1-5(2,3)4/h5-16H,3-4,17-18H2,1-2H3;(H2,1,2,3,4)/q+1;/p-1. The van der Waals surface area contributed by atoms with Crippen molar-refractivity contribution >= 4 is 21.8 Å². The van der Waals surface area contributed by atoms with E-state index in [0.29, 0.717) is 43.5 Å². The van der Waals surface area contributed by atoms with Crippen LogP contribution >= 0.6 is 0 Å². The molecule has 3 aromatic carbocycles. The molecule has 3 aromatic rings. The van der Waals surface area contributed by atoms with E-state index in [1.165, 1.54) is 11.1 Å². The maximum Gasteiger partial charge on any atom is 0.430 e. The van der Waals surface area contributed by atoms with Gasteiger partial charge in [0.2, 0.25) is 21.5 Å². The Morgan fingerprint density at radius 2 is 1.32 bits per heavy atom. The van der Waals surface area contributed by atoms with Crippen LogP contribution in [0.3, 0.4) is 0 Å². The van der Waals surface area contributed by atoms with Crippen molar-refractivity contribution in [3.05, 3.63) is 88.9 Å². The third-order valence-electron chi connectivity index (χ3n) is 4.52. The number of diazo groups is 1. The van der Waals surface area contributed by atoms with E-state index < -0.39 is 10.4 Å². The number of benzene rings is 3. The zero-order valence-corrected chi connectivity index (χ0v) is 19.8. The van der Waals surface area contributed by atoms with Crippen LogP contribution in [0.5, 0.6) is 11.5 Å². The largest absolute Gasteiger partial charge is 0.726 e. The topological polar surface area (TPSA) is 127 Å². The molecule has 0 saturated heterocycles. The average Bonchev–Trinajstić information content (AvgIpc) is 2.80. The monoisotopic (exact) mass is 485 g/mol. The summed E-state index contributed by atoms with van der Waals surface area (Å²) in [5.41, 5.74) is 3.65. The number of nitrogens with zero attached hydrogens (tertiary/aromatic N) is 3. The summed E-state index contributed by atoms with van der Waals surface area (Å²) in [5.74, 6) is 1.19. The SMILES string of the molecule is CCOc1cc(N(Cc2ccccc2)Cc2ccccc2)c(OCC)cc1[N+]#N.O=S(=O)([O-])O. The van der Waals surface area contributed by atoms with Crippen LogP contribution in [0.15, 0.2) is 72.8 Å². The second-order valence-electron chi connectivity index (χ2n) is 7.01. The smallest absolute Gasteiger partial charge is 0.430 e. The molecular weight excluding hydrogens is 458 g/mol. The number of ether oxygens (including phenoxy) is 2. The molecule has 1 N–H and O–H groups in total. The lowest BCUT2D eigenvalue weighted by Gasteiger charge is -2.27. The van der Waals surface area contributed by atoms with Gasteiger partial charge >= 0.3 is 5.69 Å². The third kappa shape index (κ3) is 9.07. The lowest BCUT2D eigenvalue weighted by atomic mass is 10.1. The molecule has 0 spiro atoms. The van der Waals surface area contributed by atoms with E-state index in [1.54, 1.807) is 6.07 Å². The lowest BCUT2D eigenvalue weighted by molar-refractivity contribution is 0.332. The van der Waals surface area contributed by atoms with Crippen LogP contribution in [0.1, 0.15) is 25.0 Å². The van der Waals surface area contributed by atoms with E-state index in [-0.39, 0.29) is 0 Å². The van der Waals surface area contributed by atoms with Gasteiger partial charge in [0, 0.05) is 19.2 Å². The van der Waals surface area contributed by atoms with Gasteiger partial charge in [0.05, 0.1) is 25.0 Å². The van der Waals surface area contributed by atoms with E-state index >= 15 is 0 Å². The molecular formula is C24H27N3O6S.